The van der Waals surface area contributed by atoms with Gasteiger partial charge in [0.05, 0.1) is 24.3 Å². The van der Waals surface area contributed by atoms with Crippen LogP contribution in [-0.4, -0.2) is 22.6 Å². The van der Waals surface area contributed by atoms with Gasteiger partial charge < -0.3 is 4.74 Å². The molecule has 1 heterocycles. The van der Waals surface area contributed by atoms with Gasteiger partial charge in [0.15, 0.2) is 0 Å². The van der Waals surface area contributed by atoms with Crippen molar-refractivity contribution in [2.75, 3.05) is 7.11 Å². The molecular formula is C14H13BrN2O3. The number of hydrogen-bond acceptors (Lipinski definition) is 4. The van der Waals surface area contributed by atoms with Crippen LogP contribution >= 0.6 is 15.9 Å². The molecular weight excluding hydrogens is 324 g/mol. The van der Waals surface area contributed by atoms with E-state index in [0.717, 1.165) is 4.47 Å². The van der Waals surface area contributed by atoms with E-state index < -0.39 is 5.97 Å². The van der Waals surface area contributed by atoms with E-state index in [-0.39, 0.29) is 12.1 Å². The summed E-state index contributed by atoms with van der Waals surface area (Å²) in [7, 11) is 1.32. The minimum atomic E-state index is -0.408. The van der Waals surface area contributed by atoms with Gasteiger partial charge in [0, 0.05) is 16.6 Å². The quantitative estimate of drug-likeness (QED) is 0.637. The summed E-state index contributed by atoms with van der Waals surface area (Å²) in [4.78, 5) is 27.8. The highest BCUT2D eigenvalue weighted by atomic mass is 79.9. The molecule has 0 radical (unpaired) electrons. The first-order valence-corrected chi connectivity index (χ1v) is 6.72. The molecule has 0 atom stereocenters. The van der Waals surface area contributed by atoms with Crippen LogP contribution in [0.2, 0.25) is 0 Å². The van der Waals surface area contributed by atoms with Crippen LogP contribution in [0.4, 0.5) is 0 Å². The lowest BCUT2D eigenvalue weighted by atomic mass is 10.2. The Labute approximate surface area is 124 Å². The van der Waals surface area contributed by atoms with Crippen LogP contribution in [0.1, 0.15) is 6.92 Å². The molecule has 20 heavy (non-hydrogen) atoms. The zero-order chi connectivity index (χ0) is 14.7. The van der Waals surface area contributed by atoms with Gasteiger partial charge in [0.25, 0.3) is 5.56 Å². The van der Waals surface area contributed by atoms with E-state index in [1.54, 1.807) is 25.1 Å². The molecule has 0 aliphatic rings. The topological polar surface area (TPSA) is 61.2 Å². The van der Waals surface area contributed by atoms with Crippen LogP contribution in [0.15, 0.2) is 45.4 Å². The normalized spacial score (nSPS) is 11.7. The predicted molar refractivity (Wildman–Crippen MR) is 79.5 cm³/mol. The first-order chi connectivity index (χ1) is 9.52. The summed E-state index contributed by atoms with van der Waals surface area (Å²) < 4.78 is 6.87. The SMILES string of the molecule is COC(=O)C(C)=CCn1cnc2ccc(Br)cc2c1=O. The third kappa shape index (κ3) is 2.96. The number of aromatic nitrogens is 2. The van der Waals surface area contributed by atoms with Crippen LogP contribution in [0.5, 0.6) is 0 Å². The van der Waals surface area contributed by atoms with Crippen molar-refractivity contribution in [3.63, 3.8) is 0 Å². The summed E-state index contributed by atoms with van der Waals surface area (Å²) in [6, 6.07) is 5.35. The molecule has 6 heteroatoms. The number of carbonyl (C=O) groups is 1. The fraction of sp³-hybridized carbons (Fsp3) is 0.214. The molecule has 104 valence electrons. The van der Waals surface area contributed by atoms with Crippen molar-refractivity contribution in [3.8, 4) is 0 Å². The Morgan fingerprint density at radius 2 is 2.25 bits per heavy atom. The van der Waals surface area contributed by atoms with Crippen molar-refractivity contribution in [1.82, 2.24) is 9.55 Å². The van der Waals surface area contributed by atoms with Gasteiger partial charge in [0.2, 0.25) is 0 Å². The fourth-order valence-corrected chi connectivity index (χ4v) is 2.10. The van der Waals surface area contributed by atoms with Gasteiger partial charge in [-0.15, -0.1) is 0 Å². The average Bonchev–Trinajstić information content (AvgIpc) is 2.46. The minimum Gasteiger partial charge on any atom is -0.466 e. The Bertz CT molecular complexity index is 750. The van der Waals surface area contributed by atoms with Crippen molar-refractivity contribution in [2.24, 2.45) is 0 Å². The molecule has 0 saturated carbocycles. The molecule has 2 aromatic rings. The number of fused-ring (bicyclic) bond motifs is 1. The van der Waals surface area contributed by atoms with Crippen molar-refractivity contribution in [2.45, 2.75) is 13.5 Å². The molecule has 0 N–H and O–H groups in total. The highest BCUT2D eigenvalue weighted by molar-refractivity contribution is 9.10. The summed E-state index contributed by atoms with van der Waals surface area (Å²) in [5.41, 5.74) is 0.946. The smallest absolute Gasteiger partial charge is 0.333 e. The highest BCUT2D eigenvalue weighted by Crippen LogP contribution is 2.14. The minimum absolute atomic E-state index is 0.148. The van der Waals surface area contributed by atoms with Crippen molar-refractivity contribution in [1.29, 1.82) is 0 Å². The average molecular weight is 337 g/mol. The molecule has 0 amide bonds. The maximum Gasteiger partial charge on any atom is 0.333 e. The highest BCUT2D eigenvalue weighted by Gasteiger charge is 2.06. The van der Waals surface area contributed by atoms with Crippen LogP contribution in [0.3, 0.4) is 0 Å². The van der Waals surface area contributed by atoms with Crippen LogP contribution < -0.4 is 5.56 Å². The number of ether oxygens (including phenoxy) is 1. The summed E-state index contributed by atoms with van der Waals surface area (Å²) in [6.07, 6.45) is 3.11. The summed E-state index contributed by atoms with van der Waals surface area (Å²) >= 11 is 3.33. The number of allylic oxidation sites excluding steroid dienone is 1. The summed E-state index contributed by atoms with van der Waals surface area (Å²) in [6.45, 7) is 1.91. The number of benzene rings is 1. The van der Waals surface area contributed by atoms with Gasteiger partial charge in [-0.25, -0.2) is 9.78 Å². The van der Waals surface area contributed by atoms with E-state index in [1.807, 2.05) is 6.07 Å². The third-order valence-electron chi connectivity index (χ3n) is 2.89. The predicted octanol–water partition coefficient (Wildman–Crippen LogP) is 2.28. The second-order valence-electron chi connectivity index (χ2n) is 4.24. The van der Waals surface area contributed by atoms with Gasteiger partial charge in [-0.1, -0.05) is 22.0 Å². The fourth-order valence-electron chi connectivity index (χ4n) is 1.74. The maximum absolute atomic E-state index is 12.3. The Morgan fingerprint density at radius 3 is 2.95 bits per heavy atom. The molecule has 0 spiro atoms. The van der Waals surface area contributed by atoms with Gasteiger partial charge in [0.1, 0.15) is 0 Å². The lowest BCUT2D eigenvalue weighted by Gasteiger charge is -2.05. The molecule has 0 aliphatic heterocycles. The van der Waals surface area contributed by atoms with E-state index in [4.69, 9.17) is 0 Å². The number of nitrogens with zero attached hydrogens (tertiary/aromatic N) is 2. The van der Waals surface area contributed by atoms with Crippen LogP contribution in [0, 0.1) is 0 Å². The first-order valence-electron chi connectivity index (χ1n) is 5.92. The van der Waals surface area contributed by atoms with Crippen molar-refractivity contribution < 1.29 is 9.53 Å². The lowest BCUT2D eigenvalue weighted by molar-refractivity contribution is -0.136. The number of rotatable bonds is 3. The van der Waals surface area contributed by atoms with E-state index in [9.17, 15) is 9.59 Å². The first kappa shape index (κ1) is 14.5. The molecule has 0 saturated heterocycles. The van der Waals surface area contributed by atoms with Crippen LogP contribution in [-0.2, 0) is 16.1 Å². The molecule has 2 rings (SSSR count). The van der Waals surface area contributed by atoms with Crippen molar-refractivity contribution >= 4 is 32.8 Å². The van der Waals surface area contributed by atoms with Gasteiger partial charge in [-0.2, -0.15) is 0 Å². The Balaban J connectivity index is 2.39. The molecule has 0 bridgehead atoms. The second kappa shape index (κ2) is 6.00. The van der Waals surface area contributed by atoms with Gasteiger partial charge >= 0.3 is 5.97 Å². The Morgan fingerprint density at radius 1 is 1.50 bits per heavy atom. The zero-order valence-electron chi connectivity index (χ0n) is 11.1. The van der Waals surface area contributed by atoms with E-state index in [0.29, 0.717) is 16.5 Å². The monoisotopic (exact) mass is 336 g/mol. The van der Waals surface area contributed by atoms with E-state index >= 15 is 0 Å². The number of methoxy groups -OCH3 is 1. The van der Waals surface area contributed by atoms with Gasteiger partial charge in [-0.3, -0.25) is 9.36 Å². The molecule has 0 fully saturated rings. The second-order valence-corrected chi connectivity index (χ2v) is 5.16. The third-order valence-corrected chi connectivity index (χ3v) is 3.38. The number of carbonyl (C=O) groups excluding carboxylic acids is 1. The van der Waals surface area contributed by atoms with E-state index in [1.165, 1.54) is 18.0 Å². The number of hydrogen-bond donors (Lipinski definition) is 0. The molecule has 1 aromatic heterocycles. The zero-order valence-corrected chi connectivity index (χ0v) is 12.7. The summed E-state index contributed by atoms with van der Waals surface area (Å²) in [5, 5.41) is 0.533. The molecule has 0 unspecified atom stereocenters. The van der Waals surface area contributed by atoms with E-state index in [2.05, 4.69) is 25.7 Å². The maximum atomic E-state index is 12.3. The number of halogens is 1. The molecule has 1 aromatic carbocycles. The number of esters is 1. The molecule has 0 aliphatic carbocycles. The standard InChI is InChI=1S/C14H13BrN2O3/c1-9(14(19)20-2)5-6-17-8-16-12-4-3-10(15)7-11(12)13(17)18/h3-5,7-8H,6H2,1-2H3. The largest absolute Gasteiger partial charge is 0.466 e. The Kier molecular flexibility index (Phi) is 4.34. The van der Waals surface area contributed by atoms with Crippen LogP contribution in [0.25, 0.3) is 10.9 Å². The summed E-state index contributed by atoms with van der Waals surface area (Å²) in [5.74, 6) is -0.408. The Hall–Kier alpha value is -1.95. The van der Waals surface area contributed by atoms with Crippen molar-refractivity contribution in [3.05, 3.63) is 51.0 Å². The molecule has 5 nitrogen and oxygen atoms in total. The lowest BCUT2D eigenvalue weighted by Crippen LogP contribution is -2.20. The van der Waals surface area contributed by atoms with Gasteiger partial charge in [-0.05, 0) is 25.1 Å².